The summed E-state index contributed by atoms with van der Waals surface area (Å²) in [7, 11) is 1.58. The van der Waals surface area contributed by atoms with Crippen LogP contribution in [-0.2, 0) is 32.2 Å². The summed E-state index contributed by atoms with van der Waals surface area (Å²) in [5.41, 5.74) is 2.24. The molecule has 4 aromatic rings. The minimum atomic E-state index is -1.19. The molecule has 1 N–H and O–H groups in total. The number of aliphatic hydroxyl groups excluding tert-OH is 1. The molecule has 4 aromatic carbocycles. The van der Waals surface area contributed by atoms with Crippen molar-refractivity contribution in [1.82, 2.24) is 0 Å². The van der Waals surface area contributed by atoms with Crippen LogP contribution < -0.4 is 9.47 Å². The Balaban J connectivity index is 1.40. The molecule has 218 valence electrons. The molecule has 8 nitrogen and oxygen atoms in total. The molecule has 0 aromatic heterocycles. The van der Waals surface area contributed by atoms with Crippen LogP contribution in [0.25, 0.3) is 0 Å². The molecule has 1 unspecified atom stereocenters. The lowest BCUT2D eigenvalue weighted by Crippen LogP contribution is -2.62. The van der Waals surface area contributed by atoms with Gasteiger partial charge in [0.1, 0.15) is 29.8 Å². The maximum absolute atomic E-state index is 13.2. The monoisotopic (exact) mass is 570 g/mol. The zero-order chi connectivity index (χ0) is 29.1. The van der Waals surface area contributed by atoms with E-state index in [4.69, 9.17) is 28.4 Å². The van der Waals surface area contributed by atoms with Gasteiger partial charge in [-0.25, -0.2) is 4.79 Å². The normalized spacial score (nSPS) is 21.8. The number of carbonyl (C=O) groups is 1. The highest BCUT2D eigenvalue weighted by Crippen LogP contribution is 2.31. The summed E-state index contributed by atoms with van der Waals surface area (Å²) >= 11 is 0. The van der Waals surface area contributed by atoms with Crippen LogP contribution in [0.4, 0.5) is 0 Å². The molecule has 1 heterocycles. The third kappa shape index (κ3) is 7.74. The largest absolute Gasteiger partial charge is 0.497 e. The molecule has 1 aliphatic rings. The molecule has 0 bridgehead atoms. The van der Waals surface area contributed by atoms with Gasteiger partial charge in [-0.3, -0.25) is 0 Å². The van der Waals surface area contributed by atoms with Crippen molar-refractivity contribution in [2.75, 3.05) is 13.7 Å². The van der Waals surface area contributed by atoms with E-state index in [-0.39, 0.29) is 13.2 Å². The van der Waals surface area contributed by atoms with Gasteiger partial charge in [-0.2, -0.15) is 0 Å². The van der Waals surface area contributed by atoms with Gasteiger partial charge in [0.2, 0.25) is 6.29 Å². The highest BCUT2D eigenvalue weighted by atomic mass is 16.7. The minimum Gasteiger partial charge on any atom is -0.497 e. The maximum Gasteiger partial charge on any atom is 0.338 e. The van der Waals surface area contributed by atoms with Crippen LogP contribution in [0.5, 0.6) is 11.5 Å². The van der Waals surface area contributed by atoms with Gasteiger partial charge in [-0.1, -0.05) is 78.9 Å². The second-order valence-corrected chi connectivity index (χ2v) is 9.82. The quantitative estimate of drug-likeness (QED) is 0.233. The fourth-order valence-corrected chi connectivity index (χ4v) is 4.63. The van der Waals surface area contributed by atoms with Gasteiger partial charge in [0, 0.05) is 0 Å². The Morgan fingerprint density at radius 3 is 1.93 bits per heavy atom. The first kappa shape index (κ1) is 29.3. The summed E-state index contributed by atoms with van der Waals surface area (Å²) in [6.07, 6.45) is -5.22. The molecule has 1 saturated heterocycles. The van der Waals surface area contributed by atoms with Crippen LogP contribution >= 0.6 is 0 Å². The smallest absolute Gasteiger partial charge is 0.338 e. The van der Waals surface area contributed by atoms with E-state index in [1.165, 1.54) is 0 Å². The first-order chi connectivity index (χ1) is 20.6. The lowest BCUT2D eigenvalue weighted by atomic mass is 9.98. The van der Waals surface area contributed by atoms with Crippen LogP contribution in [0.1, 0.15) is 21.5 Å². The molecule has 0 radical (unpaired) electrons. The Morgan fingerprint density at radius 1 is 0.738 bits per heavy atom. The summed E-state index contributed by atoms with van der Waals surface area (Å²) in [6.45, 7) is 0.567. The number of aliphatic hydroxyl groups is 1. The molecular weight excluding hydrogens is 536 g/mol. The van der Waals surface area contributed by atoms with Crippen LogP contribution in [0, 0.1) is 0 Å². The van der Waals surface area contributed by atoms with Crippen molar-refractivity contribution in [3.05, 3.63) is 132 Å². The molecule has 1 aliphatic heterocycles. The number of methoxy groups -OCH3 is 1. The van der Waals surface area contributed by atoms with Crippen molar-refractivity contribution < 1.29 is 38.3 Å². The second-order valence-electron chi connectivity index (χ2n) is 9.82. The lowest BCUT2D eigenvalue weighted by Gasteiger charge is -2.43. The van der Waals surface area contributed by atoms with E-state index in [9.17, 15) is 9.90 Å². The highest BCUT2D eigenvalue weighted by Gasteiger charge is 2.50. The Morgan fingerprint density at radius 2 is 1.31 bits per heavy atom. The van der Waals surface area contributed by atoms with E-state index in [2.05, 4.69) is 0 Å². The molecule has 5 rings (SSSR count). The number of benzene rings is 4. The minimum absolute atomic E-state index is 0.0586. The van der Waals surface area contributed by atoms with E-state index in [0.29, 0.717) is 23.7 Å². The van der Waals surface area contributed by atoms with Crippen LogP contribution in [-0.4, -0.2) is 55.5 Å². The van der Waals surface area contributed by atoms with Crippen molar-refractivity contribution in [3.63, 3.8) is 0 Å². The zero-order valence-corrected chi connectivity index (χ0v) is 23.3. The molecule has 5 atom stereocenters. The number of rotatable bonds is 12. The lowest BCUT2D eigenvalue weighted by molar-refractivity contribution is -0.289. The van der Waals surface area contributed by atoms with E-state index < -0.39 is 36.7 Å². The van der Waals surface area contributed by atoms with Crippen LogP contribution in [0.2, 0.25) is 0 Å². The first-order valence-corrected chi connectivity index (χ1v) is 13.8. The van der Waals surface area contributed by atoms with Gasteiger partial charge in [-0.05, 0) is 47.5 Å². The molecular formula is C34H34O8. The van der Waals surface area contributed by atoms with Gasteiger partial charge in [0.15, 0.2) is 6.10 Å². The van der Waals surface area contributed by atoms with Crippen molar-refractivity contribution in [2.24, 2.45) is 0 Å². The SMILES string of the molecule is COc1ccc(O[C@H]2OC(COCc3ccccc3)[C@H](O)[C@@H](OCc3ccccc3)[C@@H]2OC(=O)c2ccccc2)cc1. The molecule has 8 heteroatoms. The molecule has 0 amide bonds. The van der Waals surface area contributed by atoms with Gasteiger partial charge in [0.25, 0.3) is 0 Å². The number of ether oxygens (including phenoxy) is 6. The van der Waals surface area contributed by atoms with Crippen LogP contribution in [0.3, 0.4) is 0 Å². The van der Waals surface area contributed by atoms with Crippen molar-refractivity contribution in [3.8, 4) is 11.5 Å². The Hall–Kier alpha value is -4.21. The summed E-state index contributed by atoms with van der Waals surface area (Å²) in [5.74, 6) is 0.529. The Kier molecular flexibility index (Phi) is 10.2. The molecule has 0 saturated carbocycles. The van der Waals surface area contributed by atoms with E-state index in [1.54, 1.807) is 55.6 Å². The van der Waals surface area contributed by atoms with Gasteiger partial charge >= 0.3 is 5.97 Å². The summed E-state index contributed by atoms with van der Waals surface area (Å²) in [4.78, 5) is 13.2. The predicted octanol–water partition coefficient (Wildman–Crippen LogP) is 5.19. The van der Waals surface area contributed by atoms with E-state index in [0.717, 1.165) is 11.1 Å². The second kappa shape index (κ2) is 14.6. The summed E-state index contributed by atoms with van der Waals surface area (Å²) in [6, 6.07) is 34.8. The summed E-state index contributed by atoms with van der Waals surface area (Å²) < 4.78 is 35.9. The van der Waals surface area contributed by atoms with Crippen LogP contribution in [0.15, 0.2) is 115 Å². The van der Waals surface area contributed by atoms with E-state index in [1.807, 2.05) is 66.7 Å². The first-order valence-electron chi connectivity index (χ1n) is 13.8. The third-order valence-electron chi connectivity index (χ3n) is 6.86. The molecule has 0 aliphatic carbocycles. The predicted molar refractivity (Wildman–Crippen MR) is 155 cm³/mol. The fourth-order valence-electron chi connectivity index (χ4n) is 4.63. The average Bonchev–Trinajstić information content (AvgIpc) is 3.04. The highest BCUT2D eigenvalue weighted by molar-refractivity contribution is 5.89. The van der Waals surface area contributed by atoms with Gasteiger partial charge in [0.05, 0.1) is 32.5 Å². The molecule has 42 heavy (non-hydrogen) atoms. The number of esters is 1. The zero-order valence-electron chi connectivity index (χ0n) is 23.3. The average molecular weight is 571 g/mol. The standard InChI is InChI=1S/C34H34O8/c1-37-27-17-19-28(20-18-27)40-34-32(42-33(36)26-15-9-4-10-16-26)31(39-22-25-13-7-3-8-14-25)30(35)29(41-34)23-38-21-24-11-5-2-6-12-24/h2-20,29-32,34-35H,21-23H2,1H3/t29?,30-,31+,32-,34-/m0/s1. The number of hydrogen-bond acceptors (Lipinski definition) is 8. The molecule has 0 spiro atoms. The summed E-state index contributed by atoms with van der Waals surface area (Å²) in [5, 5.41) is 11.5. The number of carbonyl (C=O) groups excluding carboxylic acids is 1. The van der Waals surface area contributed by atoms with Crippen molar-refractivity contribution in [2.45, 2.75) is 43.9 Å². The Labute approximate surface area is 245 Å². The van der Waals surface area contributed by atoms with Gasteiger partial charge < -0.3 is 33.5 Å². The van der Waals surface area contributed by atoms with Gasteiger partial charge in [-0.15, -0.1) is 0 Å². The Bertz CT molecular complexity index is 1370. The fraction of sp³-hybridized carbons (Fsp3) is 0.265. The molecule has 1 fully saturated rings. The number of hydrogen-bond donors (Lipinski definition) is 1. The van der Waals surface area contributed by atoms with E-state index >= 15 is 0 Å². The van der Waals surface area contributed by atoms with Crippen molar-refractivity contribution >= 4 is 5.97 Å². The third-order valence-corrected chi connectivity index (χ3v) is 6.86. The van der Waals surface area contributed by atoms with Crippen molar-refractivity contribution in [1.29, 1.82) is 0 Å². The maximum atomic E-state index is 13.2. The topological polar surface area (TPSA) is 92.7 Å².